The van der Waals surface area contributed by atoms with E-state index in [0.29, 0.717) is 24.4 Å². The second kappa shape index (κ2) is 7.91. The molecule has 0 bridgehead atoms. The Bertz CT molecular complexity index is 554. The number of rotatable bonds is 6. The Morgan fingerprint density at radius 1 is 1.29 bits per heavy atom. The molecular weight excluding hydrogens is 266 g/mol. The normalized spacial score (nSPS) is 12.6. The zero-order valence-corrected chi connectivity index (χ0v) is 12.5. The van der Waals surface area contributed by atoms with Gasteiger partial charge >= 0.3 is 0 Å². The first-order chi connectivity index (χ1) is 10.0. The molecule has 1 aromatic carbocycles. The topological polar surface area (TPSA) is 77.1 Å². The van der Waals surface area contributed by atoms with E-state index in [9.17, 15) is 4.79 Å². The molecule has 110 valence electrons. The highest BCUT2D eigenvalue weighted by molar-refractivity contribution is 5.80. The summed E-state index contributed by atoms with van der Waals surface area (Å²) in [4.78, 5) is 13.9. The minimum atomic E-state index is -0.635. The molecule has 0 saturated heterocycles. The summed E-state index contributed by atoms with van der Waals surface area (Å²) in [7, 11) is 0. The van der Waals surface area contributed by atoms with Crippen molar-refractivity contribution in [1.29, 1.82) is 10.5 Å². The van der Waals surface area contributed by atoms with Crippen LogP contribution in [0.1, 0.15) is 26.3 Å². The molecule has 0 aliphatic carbocycles. The first kappa shape index (κ1) is 16.5. The number of carbonyl (C=O) groups is 1. The molecule has 2 atom stereocenters. The molecular formula is C16H19N3O2. The average Bonchev–Trinajstić information content (AvgIpc) is 2.52. The van der Waals surface area contributed by atoms with Gasteiger partial charge < -0.3 is 9.64 Å². The van der Waals surface area contributed by atoms with Gasteiger partial charge in [-0.3, -0.25) is 4.79 Å². The Balaban J connectivity index is 2.68. The first-order valence-corrected chi connectivity index (χ1v) is 6.87. The molecule has 0 aliphatic heterocycles. The minimum absolute atomic E-state index is 0.149. The van der Waals surface area contributed by atoms with Crippen molar-refractivity contribution in [3.8, 4) is 17.9 Å². The standard InChI is InChI=1S/C16H19N3O2/c1-4-19(11-12(2)9-17)16(20)13(3)21-15-7-5-14(10-18)6-8-15/h5-8,12-13H,4,11H2,1-3H3/t12-,13-/m1/s1. The van der Waals surface area contributed by atoms with E-state index in [1.54, 1.807) is 43.0 Å². The number of nitriles is 2. The van der Waals surface area contributed by atoms with Gasteiger partial charge in [0.25, 0.3) is 5.91 Å². The summed E-state index contributed by atoms with van der Waals surface area (Å²) in [6.07, 6.45) is -0.635. The molecule has 0 unspecified atom stereocenters. The van der Waals surface area contributed by atoms with E-state index < -0.39 is 6.10 Å². The maximum atomic E-state index is 12.3. The Hall–Kier alpha value is -2.53. The molecule has 1 amide bonds. The van der Waals surface area contributed by atoms with Crippen molar-refractivity contribution in [1.82, 2.24) is 4.90 Å². The van der Waals surface area contributed by atoms with Crippen molar-refractivity contribution >= 4 is 5.91 Å². The summed E-state index contributed by atoms with van der Waals surface area (Å²) >= 11 is 0. The van der Waals surface area contributed by atoms with Crippen LogP contribution in [-0.4, -0.2) is 30.0 Å². The number of amides is 1. The van der Waals surface area contributed by atoms with Gasteiger partial charge in [0, 0.05) is 13.1 Å². The van der Waals surface area contributed by atoms with Crippen LogP contribution in [-0.2, 0) is 4.79 Å². The molecule has 0 heterocycles. The molecule has 0 radical (unpaired) electrons. The first-order valence-electron chi connectivity index (χ1n) is 6.87. The average molecular weight is 285 g/mol. The maximum absolute atomic E-state index is 12.3. The van der Waals surface area contributed by atoms with Crippen LogP contribution in [0.3, 0.4) is 0 Å². The molecule has 0 saturated carbocycles. The largest absolute Gasteiger partial charge is 0.481 e. The molecule has 0 aliphatic rings. The van der Waals surface area contributed by atoms with Crippen LogP contribution in [0.2, 0.25) is 0 Å². The van der Waals surface area contributed by atoms with E-state index in [-0.39, 0.29) is 11.8 Å². The van der Waals surface area contributed by atoms with Gasteiger partial charge in [0.05, 0.1) is 23.6 Å². The molecule has 1 aromatic rings. The third kappa shape index (κ3) is 4.81. The van der Waals surface area contributed by atoms with Gasteiger partial charge in [-0.15, -0.1) is 0 Å². The van der Waals surface area contributed by atoms with Crippen molar-refractivity contribution < 1.29 is 9.53 Å². The molecule has 0 fully saturated rings. The van der Waals surface area contributed by atoms with Crippen LogP contribution in [0.4, 0.5) is 0 Å². The van der Waals surface area contributed by atoms with Crippen molar-refractivity contribution in [2.75, 3.05) is 13.1 Å². The molecule has 0 aromatic heterocycles. The summed E-state index contributed by atoms with van der Waals surface area (Å²) in [6.45, 7) is 6.26. The van der Waals surface area contributed by atoms with E-state index in [1.165, 1.54) is 0 Å². The Kier molecular flexibility index (Phi) is 6.23. The number of nitrogens with zero attached hydrogens (tertiary/aromatic N) is 3. The van der Waals surface area contributed by atoms with Crippen molar-refractivity contribution in [2.24, 2.45) is 5.92 Å². The predicted molar refractivity (Wildman–Crippen MR) is 78.3 cm³/mol. The lowest BCUT2D eigenvalue weighted by atomic mass is 10.2. The lowest BCUT2D eigenvalue weighted by molar-refractivity contribution is -0.138. The van der Waals surface area contributed by atoms with Crippen LogP contribution in [0.25, 0.3) is 0 Å². The van der Waals surface area contributed by atoms with Gasteiger partial charge in [0.15, 0.2) is 6.10 Å². The van der Waals surface area contributed by atoms with Crippen molar-refractivity contribution in [3.05, 3.63) is 29.8 Å². The quantitative estimate of drug-likeness (QED) is 0.803. The number of hydrogen-bond donors (Lipinski definition) is 0. The zero-order chi connectivity index (χ0) is 15.8. The molecule has 0 spiro atoms. The molecule has 0 N–H and O–H groups in total. The van der Waals surface area contributed by atoms with Crippen LogP contribution in [0.15, 0.2) is 24.3 Å². The summed E-state index contributed by atoms with van der Waals surface area (Å²) in [5.74, 6) is 0.180. The fraction of sp³-hybridized carbons (Fsp3) is 0.438. The summed E-state index contributed by atoms with van der Waals surface area (Å²) in [6, 6.07) is 10.8. The Morgan fingerprint density at radius 3 is 2.38 bits per heavy atom. The molecule has 1 rings (SSSR count). The maximum Gasteiger partial charge on any atom is 0.263 e. The van der Waals surface area contributed by atoms with Crippen LogP contribution in [0.5, 0.6) is 5.75 Å². The highest BCUT2D eigenvalue weighted by Gasteiger charge is 2.22. The van der Waals surface area contributed by atoms with Gasteiger partial charge in [-0.1, -0.05) is 0 Å². The fourth-order valence-corrected chi connectivity index (χ4v) is 1.87. The smallest absolute Gasteiger partial charge is 0.263 e. The van der Waals surface area contributed by atoms with Crippen LogP contribution < -0.4 is 4.74 Å². The van der Waals surface area contributed by atoms with Gasteiger partial charge in [-0.2, -0.15) is 10.5 Å². The van der Waals surface area contributed by atoms with E-state index >= 15 is 0 Å². The third-order valence-electron chi connectivity index (χ3n) is 3.05. The molecule has 21 heavy (non-hydrogen) atoms. The van der Waals surface area contributed by atoms with Gasteiger partial charge in [0.1, 0.15) is 5.75 Å². The SMILES string of the molecule is CCN(C[C@H](C)C#N)C(=O)[C@@H](C)Oc1ccc(C#N)cc1. The van der Waals surface area contributed by atoms with E-state index in [1.807, 2.05) is 13.0 Å². The van der Waals surface area contributed by atoms with E-state index in [4.69, 9.17) is 15.3 Å². The highest BCUT2D eigenvalue weighted by atomic mass is 16.5. The molecule has 5 heteroatoms. The molecule has 5 nitrogen and oxygen atoms in total. The van der Waals surface area contributed by atoms with E-state index in [2.05, 4.69) is 6.07 Å². The van der Waals surface area contributed by atoms with Crippen LogP contribution >= 0.6 is 0 Å². The predicted octanol–water partition coefficient (Wildman–Crippen LogP) is 2.33. The lowest BCUT2D eigenvalue weighted by Gasteiger charge is -2.25. The second-order valence-electron chi connectivity index (χ2n) is 4.80. The monoisotopic (exact) mass is 285 g/mol. The summed E-state index contributed by atoms with van der Waals surface area (Å²) in [5.41, 5.74) is 0.541. The third-order valence-corrected chi connectivity index (χ3v) is 3.05. The number of hydrogen-bond acceptors (Lipinski definition) is 4. The Morgan fingerprint density at radius 2 is 1.90 bits per heavy atom. The fourth-order valence-electron chi connectivity index (χ4n) is 1.87. The minimum Gasteiger partial charge on any atom is -0.481 e. The van der Waals surface area contributed by atoms with Gasteiger partial charge in [-0.05, 0) is 45.0 Å². The van der Waals surface area contributed by atoms with Gasteiger partial charge in [0.2, 0.25) is 0 Å². The van der Waals surface area contributed by atoms with Crippen molar-refractivity contribution in [2.45, 2.75) is 26.9 Å². The number of benzene rings is 1. The number of ether oxygens (including phenoxy) is 1. The van der Waals surface area contributed by atoms with Crippen LogP contribution in [0, 0.1) is 28.6 Å². The lowest BCUT2D eigenvalue weighted by Crippen LogP contribution is -2.42. The second-order valence-corrected chi connectivity index (χ2v) is 4.80. The number of likely N-dealkylation sites (N-methyl/N-ethyl adjacent to an activating group) is 1. The summed E-state index contributed by atoms with van der Waals surface area (Å²) in [5, 5.41) is 17.6. The van der Waals surface area contributed by atoms with E-state index in [0.717, 1.165) is 0 Å². The Labute approximate surface area is 125 Å². The summed E-state index contributed by atoms with van der Waals surface area (Å²) < 4.78 is 5.59. The number of carbonyl (C=O) groups excluding carboxylic acids is 1. The van der Waals surface area contributed by atoms with Gasteiger partial charge in [-0.25, -0.2) is 0 Å². The van der Waals surface area contributed by atoms with Crippen molar-refractivity contribution in [3.63, 3.8) is 0 Å². The zero-order valence-electron chi connectivity index (χ0n) is 12.5. The highest BCUT2D eigenvalue weighted by Crippen LogP contribution is 2.14.